The van der Waals surface area contributed by atoms with Crippen molar-refractivity contribution >= 4 is 45.6 Å². The second-order valence-electron chi connectivity index (χ2n) is 6.24. The van der Waals surface area contributed by atoms with Gasteiger partial charge in [0.15, 0.2) is 5.96 Å². The molecule has 2 aromatic carbocycles. The zero-order valence-corrected chi connectivity index (χ0v) is 18.1. The standard InChI is InChI=1S/C18H22N4O3S.HI/c1-26(23,24)22-12-14(13-22)11-20-18(19)21-15-6-5-9-17(10-15)25-16-7-3-2-4-8-16;/h2-10,14H,11-13H2,1H3,(H3,19,20,21);1H. The fraction of sp³-hybridized carbons (Fsp3) is 0.278. The normalized spacial score (nSPS) is 15.5. The number of anilines is 1. The molecule has 1 aliphatic rings. The van der Waals surface area contributed by atoms with Crippen LogP contribution in [0.1, 0.15) is 0 Å². The molecule has 0 amide bonds. The van der Waals surface area contributed by atoms with Gasteiger partial charge in [0.05, 0.1) is 6.26 Å². The number of ether oxygens (including phenoxy) is 1. The van der Waals surface area contributed by atoms with Crippen molar-refractivity contribution in [3.63, 3.8) is 0 Å². The van der Waals surface area contributed by atoms with Gasteiger partial charge in [0.25, 0.3) is 0 Å². The van der Waals surface area contributed by atoms with Crippen molar-refractivity contribution in [2.75, 3.05) is 31.2 Å². The number of rotatable bonds is 6. The summed E-state index contributed by atoms with van der Waals surface area (Å²) in [5.74, 6) is 1.95. The van der Waals surface area contributed by atoms with E-state index < -0.39 is 10.0 Å². The lowest BCUT2D eigenvalue weighted by atomic mass is 10.0. The van der Waals surface area contributed by atoms with Crippen LogP contribution in [-0.2, 0) is 10.0 Å². The van der Waals surface area contributed by atoms with Crippen LogP contribution in [0.2, 0.25) is 0 Å². The molecule has 27 heavy (non-hydrogen) atoms. The largest absolute Gasteiger partial charge is 0.457 e. The molecule has 7 nitrogen and oxygen atoms in total. The minimum atomic E-state index is -3.09. The highest BCUT2D eigenvalue weighted by Crippen LogP contribution is 2.24. The van der Waals surface area contributed by atoms with Crippen LogP contribution in [0.4, 0.5) is 5.69 Å². The average Bonchev–Trinajstić information content (AvgIpc) is 2.53. The van der Waals surface area contributed by atoms with Crippen LogP contribution in [0.3, 0.4) is 0 Å². The van der Waals surface area contributed by atoms with E-state index >= 15 is 0 Å². The Morgan fingerprint density at radius 2 is 1.85 bits per heavy atom. The average molecular weight is 502 g/mol. The van der Waals surface area contributed by atoms with E-state index in [0.29, 0.717) is 31.3 Å². The maximum atomic E-state index is 11.3. The molecule has 1 heterocycles. The molecular weight excluding hydrogens is 479 g/mol. The first kappa shape index (κ1) is 21.5. The van der Waals surface area contributed by atoms with Gasteiger partial charge in [0.2, 0.25) is 10.0 Å². The highest BCUT2D eigenvalue weighted by atomic mass is 127. The molecule has 3 N–H and O–H groups in total. The Morgan fingerprint density at radius 1 is 1.19 bits per heavy atom. The van der Waals surface area contributed by atoms with Crippen LogP contribution in [0.15, 0.2) is 59.6 Å². The first-order valence-electron chi connectivity index (χ1n) is 8.25. The molecule has 0 aliphatic carbocycles. The summed E-state index contributed by atoms with van der Waals surface area (Å²) in [6.45, 7) is 1.48. The van der Waals surface area contributed by atoms with E-state index in [9.17, 15) is 8.42 Å². The van der Waals surface area contributed by atoms with Crippen molar-refractivity contribution in [1.82, 2.24) is 4.31 Å². The van der Waals surface area contributed by atoms with E-state index in [1.807, 2.05) is 54.6 Å². The Bertz CT molecular complexity index is 884. The molecule has 1 aliphatic heterocycles. The Balaban J connectivity index is 0.00000261. The first-order chi connectivity index (χ1) is 12.4. The van der Waals surface area contributed by atoms with Gasteiger partial charge in [0, 0.05) is 37.3 Å². The molecule has 0 unspecified atom stereocenters. The Morgan fingerprint density at radius 3 is 2.52 bits per heavy atom. The molecule has 0 saturated carbocycles. The van der Waals surface area contributed by atoms with Gasteiger partial charge in [-0.2, -0.15) is 0 Å². The minimum Gasteiger partial charge on any atom is -0.457 e. The number of nitrogens with two attached hydrogens (primary N) is 1. The highest BCUT2D eigenvalue weighted by molar-refractivity contribution is 14.0. The van der Waals surface area contributed by atoms with Gasteiger partial charge in [-0.05, 0) is 24.3 Å². The Hall–Kier alpha value is -1.85. The van der Waals surface area contributed by atoms with Crippen molar-refractivity contribution in [3.05, 3.63) is 54.6 Å². The van der Waals surface area contributed by atoms with Gasteiger partial charge in [-0.25, -0.2) is 12.7 Å². The number of sulfonamides is 1. The van der Waals surface area contributed by atoms with Crippen LogP contribution in [0.5, 0.6) is 11.5 Å². The smallest absolute Gasteiger partial charge is 0.211 e. The minimum absolute atomic E-state index is 0. The molecule has 0 aromatic heterocycles. The third-order valence-electron chi connectivity index (χ3n) is 4.00. The third kappa shape index (κ3) is 6.36. The number of para-hydroxylation sites is 1. The van der Waals surface area contributed by atoms with Gasteiger partial charge >= 0.3 is 0 Å². The van der Waals surface area contributed by atoms with E-state index in [1.54, 1.807) is 0 Å². The second-order valence-corrected chi connectivity index (χ2v) is 8.22. The number of hydrogen-bond acceptors (Lipinski definition) is 4. The molecule has 9 heteroatoms. The number of halogens is 1. The van der Waals surface area contributed by atoms with Gasteiger partial charge < -0.3 is 15.8 Å². The molecule has 0 atom stereocenters. The highest BCUT2D eigenvalue weighted by Gasteiger charge is 2.32. The summed E-state index contributed by atoms with van der Waals surface area (Å²) in [4.78, 5) is 4.29. The number of nitrogens with one attached hydrogen (secondary N) is 1. The summed E-state index contributed by atoms with van der Waals surface area (Å²) in [5, 5.41) is 3.03. The predicted molar refractivity (Wildman–Crippen MR) is 118 cm³/mol. The number of hydrogen-bond donors (Lipinski definition) is 2. The van der Waals surface area contributed by atoms with Gasteiger partial charge in [-0.1, -0.05) is 24.3 Å². The van der Waals surface area contributed by atoms with Crippen molar-refractivity contribution < 1.29 is 13.2 Å². The summed E-state index contributed by atoms with van der Waals surface area (Å²) in [7, 11) is -3.09. The Labute approximate surface area is 176 Å². The van der Waals surface area contributed by atoms with Crippen LogP contribution in [0.25, 0.3) is 0 Å². The summed E-state index contributed by atoms with van der Waals surface area (Å²) >= 11 is 0. The van der Waals surface area contributed by atoms with E-state index in [4.69, 9.17) is 10.5 Å². The maximum absolute atomic E-state index is 11.3. The zero-order valence-electron chi connectivity index (χ0n) is 14.9. The fourth-order valence-electron chi connectivity index (χ4n) is 2.59. The summed E-state index contributed by atoms with van der Waals surface area (Å²) in [6, 6.07) is 16.9. The van der Waals surface area contributed by atoms with E-state index in [1.165, 1.54) is 10.6 Å². The SMILES string of the molecule is CS(=O)(=O)N1CC(CN=C(N)Nc2cccc(Oc3ccccc3)c2)C1.I. The van der Waals surface area contributed by atoms with E-state index in [0.717, 1.165) is 11.4 Å². The first-order valence-corrected chi connectivity index (χ1v) is 10.1. The zero-order chi connectivity index (χ0) is 18.6. The van der Waals surface area contributed by atoms with Crippen molar-refractivity contribution in [3.8, 4) is 11.5 Å². The summed E-state index contributed by atoms with van der Waals surface area (Å²) in [6.07, 6.45) is 1.22. The molecule has 0 spiro atoms. The van der Waals surface area contributed by atoms with Crippen molar-refractivity contribution in [2.45, 2.75) is 0 Å². The van der Waals surface area contributed by atoms with Crippen LogP contribution in [-0.4, -0.2) is 44.6 Å². The molecule has 0 bridgehead atoms. The lowest BCUT2D eigenvalue weighted by molar-refractivity contribution is 0.209. The van der Waals surface area contributed by atoms with Crippen LogP contribution in [0, 0.1) is 5.92 Å². The molecular formula is C18H23IN4O3S. The van der Waals surface area contributed by atoms with Gasteiger partial charge in [-0.15, -0.1) is 24.0 Å². The molecule has 1 saturated heterocycles. The summed E-state index contributed by atoms with van der Waals surface area (Å²) in [5.41, 5.74) is 6.69. The predicted octanol–water partition coefficient (Wildman–Crippen LogP) is 2.71. The van der Waals surface area contributed by atoms with Crippen LogP contribution >= 0.6 is 24.0 Å². The van der Waals surface area contributed by atoms with E-state index in [2.05, 4.69) is 10.3 Å². The fourth-order valence-corrected chi connectivity index (χ4v) is 3.55. The van der Waals surface area contributed by atoms with Crippen molar-refractivity contribution in [2.24, 2.45) is 16.6 Å². The number of benzene rings is 2. The van der Waals surface area contributed by atoms with E-state index in [-0.39, 0.29) is 29.9 Å². The number of nitrogens with zero attached hydrogens (tertiary/aromatic N) is 2. The Kier molecular flexibility index (Phi) is 7.45. The maximum Gasteiger partial charge on any atom is 0.211 e. The lowest BCUT2D eigenvalue weighted by Crippen LogP contribution is -2.50. The second kappa shape index (κ2) is 9.38. The molecule has 1 fully saturated rings. The lowest BCUT2D eigenvalue weighted by Gasteiger charge is -2.36. The quantitative estimate of drug-likeness (QED) is 0.360. The monoisotopic (exact) mass is 502 g/mol. The molecule has 146 valence electrons. The number of guanidine groups is 1. The number of aliphatic imine (C=N–C) groups is 1. The van der Waals surface area contributed by atoms with Gasteiger partial charge in [0.1, 0.15) is 11.5 Å². The molecule has 2 aromatic rings. The molecule has 0 radical (unpaired) electrons. The van der Waals surface area contributed by atoms with Crippen molar-refractivity contribution in [1.29, 1.82) is 0 Å². The van der Waals surface area contributed by atoms with Crippen LogP contribution < -0.4 is 15.8 Å². The molecule has 3 rings (SSSR count). The topological polar surface area (TPSA) is 97.0 Å². The third-order valence-corrected chi connectivity index (χ3v) is 5.23. The van der Waals surface area contributed by atoms with Gasteiger partial charge in [-0.3, -0.25) is 4.99 Å². The summed E-state index contributed by atoms with van der Waals surface area (Å²) < 4.78 is 29.9.